The molecule has 2 amide bonds. The van der Waals surface area contributed by atoms with Gasteiger partial charge in [0.25, 0.3) is 5.91 Å². The van der Waals surface area contributed by atoms with Crippen LogP contribution in [-0.4, -0.2) is 56.5 Å². The molecule has 9 heteroatoms. The highest BCUT2D eigenvalue weighted by molar-refractivity contribution is 6.34. The van der Waals surface area contributed by atoms with Crippen molar-refractivity contribution in [3.8, 4) is 5.75 Å². The lowest BCUT2D eigenvalue weighted by atomic mass is 10.0. The summed E-state index contributed by atoms with van der Waals surface area (Å²) in [5.41, 5.74) is 1.25. The second-order valence-electron chi connectivity index (χ2n) is 6.66. The molecule has 2 aliphatic heterocycles. The van der Waals surface area contributed by atoms with E-state index in [0.29, 0.717) is 35.0 Å². The number of oxime groups is 1. The molecule has 0 aromatic heterocycles. The zero-order chi connectivity index (χ0) is 19.9. The molecule has 0 saturated carbocycles. The van der Waals surface area contributed by atoms with E-state index in [1.807, 2.05) is 0 Å². The standard InChI is InChI=1S/C19H24ClN3O5/c1-26-12-4-5-15(20)14(9-12)16-10-17(28-23-16)19(25)21-7-6-18(24)22-11-13-3-2-8-27-13/h4-5,9,13,17H,2-3,6-8,10-11H2,1H3,(H,21,25)(H,22,24)/t13-,17+/m0/s1. The molecule has 2 heterocycles. The molecular formula is C19H24ClN3O5. The van der Waals surface area contributed by atoms with Crippen LogP contribution in [0, 0.1) is 0 Å². The topological polar surface area (TPSA) is 98.3 Å². The zero-order valence-electron chi connectivity index (χ0n) is 15.7. The Kier molecular flexibility index (Phi) is 7.11. The van der Waals surface area contributed by atoms with Crippen molar-refractivity contribution in [3.63, 3.8) is 0 Å². The summed E-state index contributed by atoms with van der Waals surface area (Å²) in [6.45, 7) is 1.49. The molecular weight excluding hydrogens is 386 g/mol. The number of hydrogen-bond donors (Lipinski definition) is 2. The number of halogens is 1. The molecule has 2 atom stereocenters. The average molecular weight is 410 g/mol. The van der Waals surface area contributed by atoms with E-state index in [9.17, 15) is 9.59 Å². The van der Waals surface area contributed by atoms with Crippen LogP contribution in [0.25, 0.3) is 0 Å². The summed E-state index contributed by atoms with van der Waals surface area (Å²) in [7, 11) is 1.56. The highest BCUT2D eigenvalue weighted by Gasteiger charge is 2.30. The van der Waals surface area contributed by atoms with Crippen molar-refractivity contribution >= 4 is 29.1 Å². The molecule has 0 spiro atoms. The van der Waals surface area contributed by atoms with Gasteiger partial charge in [0.1, 0.15) is 5.75 Å². The molecule has 2 aliphatic rings. The van der Waals surface area contributed by atoms with Gasteiger partial charge in [-0.25, -0.2) is 0 Å². The Labute approximate surface area is 168 Å². The molecule has 0 aliphatic carbocycles. The van der Waals surface area contributed by atoms with Crippen molar-refractivity contribution in [3.05, 3.63) is 28.8 Å². The van der Waals surface area contributed by atoms with Crippen LogP contribution in [0.1, 0.15) is 31.2 Å². The minimum absolute atomic E-state index is 0.101. The van der Waals surface area contributed by atoms with Gasteiger partial charge in [-0.2, -0.15) is 0 Å². The lowest BCUT2D eigenvalue weighted by molar-refractivity contribution is -0.131. The van der Waals surface area contributed by atoms with Gasteiger partial charge in [0.2, 0.25) is 12.0 Å². The minimum atomic E-state index is -0.743. The predicted molar refractivity (Wildman–Crippen MR) is 104 cm³/mol. The number of hydrogen-bond acceptors (Lipinski definition) is 6. The number of methoxy groups -OCH3 is 1. The van der Waals surface area contributed by atoms with Gasteiger partial charge in [0.05, 0.1) is 23.9 Å². The number of carbonyl (C=O) groups excluding carboxylic acids is 2. The van der Waals surface area contributed by atoms with Gasteiger partial charge in [-0.1, -0.05) is 16.8 Å². The van der Waals surface area contributed by atoms with E-state index in [1.165, 1.54) is 0 Å². The minimum Gasteiger partial charge on any atom is -0.497 e. The summed E-state index contributed by atoms with van der Waals surface area (Å²) in [6.07, 6.45) is 1.85. The van der Waals surface area contributed by atoms with Crippen LogP contribution in [0.5, 0.6) is 5.75 Å². The molecule has 0 unspecified atom stereocenters. The number of carbonyl (C=O) groups is 2. The molecule has 8 nitrogen and oxygen atoms in total. The van der Waals surface area contributed by atoms with E-state index >= 15 is 0 Å². The first-order valence-electron chi connectivity index (χ1n) is 9.29. The normalized spacial score (nSPS) is 21.0. The Balaban J connectivity index is 1.40. The van der Waals surface area contributed by atoms with Gasteiger partial charge in [0.15, 0.2) is 0 Å². The maximum absolute atomic E-state index is 12.3. The Hall–Kier alpha value is -2.32. The largest absolute Gasteiger partial charge is 0.497 e. The van der Waals surface area contributed by atoms with Crippen LogP contribution in [0.2, 0.25) is 5.02 Å². The summed E-state index contributed by atoms with van der Waals surface area (Å²) in [5, 5.41) is 10.0. The van der Waals surface area contributed by atoms with Crippen LogP contribution >= 0.6 is 11.6 Å². The Morgan fingerprint density at radius 2 is 2.21 bits per heavy atom. The van der Waals surface area contributed by atoms with Crippen LogP contribution in [0.15, 0.2) is 23.4 Å². The summed E-state index contributed by atoms with van der Waals surface area (Å²) in [4.78, 5) is 29.3. The second-order valence-corrected chi connectivity index (χ2v) is 7.07. The zero-order valence-corrected chi connectivity index (χ0v) is 16.5. The first-order valence-corrected chi connectivity index (χ1v) is 9.67. The number of nitrogens with zero attached hydrogens (tertiary/aromatic N) is 1. The molecule has 1 fully saturated rings. The Morgan fingerprint density at radius 3 is 2.96 bits per heavy atom. The summed E-state index contributed by atoms with van der Waals surface area (Å²) >= 11 is 6.21. The first kappa shape index (κ1) is 20.4. The van der Waals surface area contributed by atoms with Gasteiger partial charge in [-0.05, 0) is 31.0 Å². The SMILES string of the molecule is COc1ccc(Cl)c(C2=NO[C@@H](C(=O)NCCC(=O)NC[C@@H]3CCCO3)C2)c1. The molecule has 2 N–H and O–H groups in total. The molecule has 0 radical (unpaired) electrons. The van der Waals surface area contributed by atoms with Gasteiger partial charge < -0.3 is 24.9 Å². The fraction of sp³-hybridized carbons (Fsp3) is 0.526. The maximum atomic E-state index is 12.3. The van der Waals surface area contributed by atoms with E-state index in [4.69, 9.17) is 25.9 Å². The summed E-state index contributed by atoms with van der Waals surface area (Å²) in [6, 6.07) is 5.21. The molecule has 152 valence electrons. The molecule has 3 rings (SSSR count). The fourth-order valence-corrected chi connectivity index (χ4v) is 3.29. The summed E-state index contributed by atoms with van der Waals surface area (Å²) in [5.74, 6) is 0.206. The smallest absolute Gasteiger partial charge is 0.264 e. The van der Waals surface area contributed by atoms with Crippen LogP contribution in [-0.2, 0) is 19.2 Å². The third-order valence-corrected chi connectivity index (χ3v) is 4.98. The number of ether oxygens (including phenoxy) is 2. The van der Waals surface area contributed by atoms with E-state index in [0.717, 1.165) is 19.4 Å². The van der Waals surface area contributed by atoms with E-state index < -0.39 is 6.10 Å². The quantitative estimate of drug-likeness (QED) is 0.680. The second kappa shape index (κ2) is 9.75. The van der Waals surface area contributed by atoms with Crippen molar-refractivity contribution in [2.45, 2.75) is 37.9 Å². The molecule has 1 aromatic carbocycles. The van der Waals surface area contributed by atoms with E-state index in [1.54, 1.807) is 25.3 Å². The number of benzene rings is 1. The van der Waals surface area contributed by atoms with Crippen LogP contribution < -0.4 is 15.4 Å². The molecule has 0 bridgehead atoms. The van der Waals surface area contributed by atoms with E-state index in [-0.39, 0.29) is 30.9 Å². The number of nitrogens with one attached hydrogen (secondary N) is 2. The number of rotatable bonds is 8. The van der Waals surface area contributed by atoms with Gasteiger partial charge in [-0.15, -0.1) is 0 Å². The first-order chi connectivity index (χ1) is 13.6. The lowest BCUT2D eigenvalue weighted by Crippen LogP contribution is -2.38. The van der Waals surface area contributed by atoms with Gasteiger partial charge >= 0.3 is 0 Å². The van der Waals surface area contributed by atoms with Crippen molar-refractivity contribution in [1.82, 2.24) is 10.6 Å². The predicted octanol–water partition coefficient (Wildman–Crippen LogP) is 1.64. The lowest BCUT2D eigenvalue weighted by Gasteiger charge is -2.12. The third kappa shape index (κ3) is 5.36. The fourth-order valence-electron chi connectivity index (χ4n) is 3.06. The van der Waals surface area contributed by atoms with Crippen molar-refractivity contribution < 1.29 is 23.9 Å². The van der Waals surface area contributed by atoms with Crippen molar-refractivity contribution in [2.24, 2.45) is 5.16 Å². The van der Waals surface area contributed by atoms with E-state index in [2.05, 4.69) is 15.8 Å². The van der Waals surface area contributed by atoms with Gasteiger partial charge in [0, 0.05) is 38.1 Å². The Bertz CT molecular complexity index is 749. The van der Waals surface area contributed by atoms with Crippen molar-refractivity contribution in [2.75, 3.05) is 26.8 Å². The molecule has 1 aromatic rings. The monoisotopic (exact) mass is 409 g/mol. The summed E-state index contributed by atoms with van der Waals surface area (Å²) < 4.78 is 10.6. The van der Waals surface area contributed by atoms with Gasteiger partial charge in [-0.3, -0.25) is 9.59 Å². The maximum Gasteiger partial charge on any atom is 0.264 e. The molecule has 1 saturated heterocycles. The molecule has 28 heavy (non-hydrogen) atoms. The van der Waals surface area contributed by atoms with Crippen molar-refractivity contribution in [1.29, 1.82) is 0 Å². The van der Waals surface area contributed by atoms with Crippen LogP contribution in [0.3, 0.4) is 0 Å². The highest BCUT2D eigenvalue weighted by atomic mass is 35.5. The third-order valence-electron chi connectivity index (χ3n) is 4.65. The average Bonchev–Trinajstić information content (AvgIpc) is 3.39. The van der Waals surface area contributed by atoms with Crippen LogP contribution in [0.4, 0.5) is 0 Å². The Morgan fingerprint density at radius 1 is 1.36 bits per heavy atom. The number of amides is 2. The highest BCUT2D eigenvalue weighted by Crippen LogP contribution is 2.27.